The molecule has 132 valence electrons. The summed E-state index contributed by atoms with van der Waals surface area (Å²) >= 11 is 5.74. The van der Waals surface area contributed by atoms with Gasteiger partial charge in [-0.1, -0.05) is 41.4 Å². The lowest BCUT2D eigenvalue weighted by Crippen LogP contribution is -2.24. The van der Waals surface area contributed by atoms with Crippen molar-refractivity contribution >= 4 is 29.0 Å². The quantitative estimate of drug-likeness (QED) is 0.704. The number of halogens is 2. The fraction of sp³-hybridized carbons (Fsp3) is 0.105. The van der Waals surface area contributed by atoms with Gasteiger partial charge in [-0.05, 0) is 30.7 Å². The van der Waals surface area contributed by atoms with Crippen molar-refractivity contribution in [1.82, 2.24) is 15.3 Å². The van der Waals surface area contributed by atoms with Crippen LogP contribution in [-0.4, -0.2) is 15.9 Å². The Morgan fingerprint density at radius 2 is 2.00 bits per heavy atom. The average molecular weight is 371 g/mol. The summed E-state index contributed by atoms with van der Waals surface area (Å²) < 4.78 is 13.2. The van der Waals surface area contributed by atoms with Crippen molar-refractivity contribution < 1.29 is 9.18 Å². The summed E-state index contributed by atoms with van der Waals surface area (Å²) in [5, 5.41) is 5.76. The molecule has 0 atom stereocenters. The van der Waals surface area contributed by atoms with Gasteiger partial charge >= 0.3 is 0 Å². The Kier molecular flexibility index (Phi) is 5.43. The Balaban J connectivity index is 1.61. The maximum atomic E-state index is 13.2. The summed E-state index contributed by atoms with van der Waals surface area (Å²) in [6.07, 6.45) is 2.80. The standard InChI is InChI=1S/C19H16ClFN4O/c1-12-3-2-4-13(7-12)9-24-19(26)17-10-23-18(11-22-17)25-14-5-6-16(21)15(20)8-14/h2-8,10-11H,9H2,1H3,(H,23,25)(H,24,26). The van der Waals surface area contributed by atoms with E-state index in [1.807, 2.05) is 31.2 Å². The number of aromatic nitrogens is 2. The molecule has 7 heteroatoms. The second kappa shape index (κ2) is 7.93. The lowest BCUT2D eigenvalue weighted by Gasteiger charge is -2.08. The summed E-state index contributed by atoms with van der Waals surface area (Å²) in [5.41, 5.74) is 2.92. The second-order valence-corrected chi connectivity index (χ2v) is 6.12. The summed E-state index contributed by atoms with van der Waals surface area (Å²) in [6.45, 7) is 2.41. The zero-order valence-corrected chi connectivity index (χ0v) is 14.7. The number of benzene rings is 2. The molecule has 3 aromatic rings. The van der Waals surface area contributed by atoms with Crippen molar-refractivity contribution in [3.05, 3.63) is 82.5 Å². The predicted octanol–water partition coefficient (Wildman–Crippen LogP) is 4.25. The zero-order chi connectivity index (χ0) is 18.5. The molecule has 26 heavy (non-hydrogen) atoms. The zero-order valence-electron chi connectivity index (χ0n) is 14.0. The van der Waals surface area contributed by atoms with Crippen LogP contribution in [0.4, 0.5) is 15.9 Å². The molecule has 2 N–H and O–H groups in total. The van der Waals surface area contributed by atoms with Gasteiger partial charge in [-0.25, -0.2) is 14.4 Å². The van der Waals surface area contributed by atoms with Crippen LogP contribution in [0.5, 0.6) is 0 Å². The Morgan fingerprint density at radius 1 is 1.15 bits per heavy atom. The molecule has 0 aliphatic carbocycles. The van der Waals surface area contributed by atoms with Gasteiger partial charge in [0.15, 0.2) is 0 Å². The predicted molar refractivity (Wildman–Crippen MR) is 99.1 cm³/mol. The average Bonchev–Trinajstić information content (AvgIpc) is 2.63. The Hall–Kier alpha value is -2.99. The van der Waals surface area contributed by atoms with Crippen LogP contribution in [-0.2, 0) is 6.54 Å². The molecule has 1 amide bonds. The van der Waals surface area contributed by atoms with E-state index < -0.39 is 5.82 Å². The van der Waals surface area contributed by atoms with E-state index in [4.69, 9.17) is 11.6 Å². The molecule has 0 aliphatic rings. The highest BCUT2D eigenvalue weighted by Crippen LogP contribution is 2.21. The number of nitrogens with zero attached hydrogens (tertiary/aromatic N) is 2. The molecule has 1 heterocycles. The highest BCUT2D eigenvalue weighted by molar-refractivity contribution is 6.31. The van der Waals surface area contributed by atoms with E-state index in [2.05, 4.69) is 20.6 Å². The number of amides is 1. The maximum Gasteiger partial charge on any atom is 0.271 e. The summed E-state index contributed by atoms with van der Waals surface area (Å²) in [4.78, 5) is 20.4. The van der Waals surface area contributed by atoms with Gasteiger partial charge in [0.25, 0.3) is 5.91 Å². The number of nitrogens with one attached hydrogen (secondary N) is 2. The third-order valence-electron chi connectivity index (χ3n) is 3.61. The number of hydrogen-bond acceptors (Lipinski definition) is 4. The van der Waals surface area contributed by atoms with Crippen molar-refractivity contribution in [3.8, 4) is 0 Å². The first-order valence-corrected chi connectivity index (χ1v) is 8.27. The van der Waals surface area contributed by atoms with Crippen LogP contribution in [0.15, 0.2) is 54.9 Å². The van der Waals surface area contributed by atoms with Gasteiger partial charge < -0.3 is 10.6 Å². The van der Waals surface area contributed by atoms with Crippen LogP contribution < -0.4 is 10.6 Å². The van der Waals surface area contributed by atoms with Gasteiger partial charge in [0, 0.05) is 12.2 Å². The summed E-state index contributed by atoms with van der Waals surface area (Å²) in [7, 11) is 0. The van der Waals surface area contributed by atoms with Crippen LogP contribution in [0.25, 0.3) is 0 Å². The molecule has 0 unspecified atom stereocenters. The van der Waals surface area contributed by atoms with Gasteiger partial charge in [-0.2, -0.15) is 0 Å². The number of aryl methyl sites for hydroxylation is 1. The van der Waals surface area contributed by atoms with Crippen LogP contribution in [0.1, 0.15) is 21.6 Å². The molecular formula is C19H16ClFN4O. The van der Waals surface area contributed by atoms with Crippen molar-refractivity contribution in [2.24, 2.45) is 0 Å². The van der Waals surface area contributed by atoms with E-state index >= 15 is 0 Å². The minimum Gasteiger partial charge on any atom is -0.347 e. The summed E-state index contributed by atoms with van der Waals surface area (Å²) in [6, 6.07) is 12.1. The number of carbonyl (C=O) groups excluding carboxylic acids is 1. The molecule has 0 bridgehead atoms. The maximum absolute atomic E-state index is 13.2. The number of anilines is 2. The smallest absolute Gasteiger partial charge is 0.271 e. The molecule has 3 rings (SSSR count). The molecule has 0 spiro atoms. The van der Waals surface area contributed by atoms with Crippen molar-refractivity contribution in [2.45, 2.75) is 13.5 Å². The lowest BCUT2D eigenvalue weighted by molar-refractivity contribution is 0.0945. The van der Waals surface area contributed by atoms with Gasteiger partial charge in [0.2, 0.25) is 0 Å². The molecule has 0 aliphatic heterocycles. The van der Waals surface area contributed by atoms with E-state index in [-0.39, 0.29) is 16.6 Å². The van der Waals surface area contributed by atoms with E-state index in [1.165, 1.54) is 30.6 Å². The SMILES string of the molecule is Cc1cccc(CNC(=O)c2cnc(Nc3ccc(F)c(Cl)c3)cn2)c1. The van der Waals surface area contributed by atoms with Crippen LogP contribution >= 0.6 is 11.6 Å². The minimum absolute atomic E-state index is 0.00936. The molecule has 0 fully saturated rings. The number of rotatable bonds is 5. The third kappa shape index (κ3) is 4.55. The fourth-order valence-corrected chi connectivity index (χ4v) is 2.51. The highest BCUT2D eigenvalue weighted by Gasteiger charge is 2.08. The lowest BCUT2D eigenvalue weighted by atomic mass is 10.1. The largest absolute Gasteiger partial charge is 0.347 e. The molecular weight excluding hydrogens is 355 g/mol. The molecule has 2 aromatic carbocycles. The van der Waals surface area contributed by atoms with Gasteiger partial charge in [-0.15, -0.1) is 0 Å². The van der Waals surface area contributed by atoms with Gasteiger partial charge in [-0.3, -0.25) is 4.79 Å². The normalized spacial score (nSPS) is 10.4. The van der Waals surface area contributed by atoms with E-state index in [0.717, 1.165) is 11.1 Å². The number of hydrogen-bond donors (Lipinski definition) is 2. The Morgan fingerprint density at radius 3 is 2.69 bits per heavy atom. The van der Waals surface area contributed by atoms with Crippen molar-refractivity contribution in [2.75, 3.05) is 5.32 Å². The minimum atomic E-state index is -0.496. The first-order chi connectivity index (χ1) is 12.5. The van der Waals surface area contributed by atoms with Crippen molar-refractivity contribution in [1.29, 1.82) is 0 Å². The van der Waals surface area contributed by atoms with Gasteiger partial charge in [0.1, 0.15) is 17.3 Å². The van der Waals surface area contributed by atoms with E-state index in [9.17, 15) is 9.18 Å². The van der Waals surface area contributed by atoms with Crippen LogP contribution in [0, 0.1) is 12.7 Å². The molecule has 1 aromatic heterocycles. The first-order valence-electron chi connectivity index (χ1n) is 7.89. The third-order valence-corrected chi connectivity index (χ3v) is 3.90. The van der Waals surface area contributed by atoms with Crippen LogP contribution in [0.3, 0.4) is 0 Å². The topological polar surface area (TPSA) is 66.9 Å². The van der Waals surface area contributed by atoms with Crippen LogP contribution in [0.2, 0.25) is 5.02 Å². The summed E-state index contributed by atoms with van der Waals surface area (Å²) in [5.74, 6) is -0.387. The Labute approximate surface area is 155 Å². The first kappa shape index (κ1) is 17.8. The van der Waals surface area contributed by atoms with E-state index in [0.29, 0.717) is 18.1 Å². The van der Waals surface area contributed by atoms with Crippen molar-refractivity contribution in [3.63, 3.8) is 0 Å². The molecule has 0 radical (unpaired) electrons. The highest BCUT2D eigenvalue weighted by atomic mass is 35.5. The molecule has 5 nitrogen and oxygen atoms in total. The Bertz CT molecular complexity index is 931. The van der Waals surface area contributed by atoms with E-state index in [1.54, 1.807) is 0 Å². The fourth-order valence-electron chi connectivity index (χ4n) is 2.33. The second-order valence-electron chi connectivity index (χ2n) is 5.71. The molecule has 0 saturated carbocycles. The number of carbonyl (C=O) groups is 1. The van der Waals surface area contributed by atoms with Gasteiger partial charge in [0.05, 0.1) is 17.4 Å². The monoisotopic (exact) mass is 370 g/mol. The molecule has 0 saturated heterocycles.